The lowest BCUT2D eigenvalue weighted by Gasteiger charge is -2.30. The number of benzene rings is 2. The van der Waals surface area contributed by atoms with E-state index in [1.165, 1.54) is 5.56 Å². The van der Waals surface area contributed by atoms with Gasteiger partial charge in [-0.3, -0.25) is 9.69 Å². The van der Waals surface area contributed by atoms with E-state index in [-0.39, 0.29) is 17.6 Å². The molecule has 6 heteroatoms. The van der Waals surface area contributed by atoms with Crippen LogP contribution in [-0.4, -0.2) is 34.6 Å². The van der Waals surface area contributed by atoms with Crippen LogP contribution in [0.15, 0.2) is 47.3 Å². The van der Waals surface area contributed by atoms with Crippen molar-refractivity contribution in [1.29, 1.82) is 0 Å². The van der Waals surface area contributed by atoms with E-state index in [0.717, 1.165) is 48.6 Å². The average Bonchev–Trinajstić information content (AvgIpc) is 3.11. The Labute approximate surface area is 169 Å². The van der Waals surface area contributed by atoms with Crippen molar-refractivity contribution in [1.82, 2.24) is 14.9 Å². The van der Waals surface area contributed by atoms with E-state index in [9.17, 15) is 4.79 Å². The number of rotatable bonds is 3. The number of aromatic nitrogens is 2. The van der Waals surface area contributed by atoms with E-state index in [2.05, 4.69) is 28.9 Å². The fraction of sp³-hybridized carbons (Fsp3) is 0.391. The molecule has 2 atom stereocenters. The number of ether oxygens (including phenoxy) is 2. The Bertz CT molecular complexity index is 1090. The van der Waals surface area contributed by atoms with E-state index in [4.69, 9.17) is 14.5 Å². The molecule has 3 aromatic rings. The first-order chi connectivity index (χ1) is 14.2. The van der Waals surface area contributed by atoms with E-state index in [0.29, 0.717) is 18.6 Å². The summed E-state index contributed by atoms with van der Waals surface area (Å²) in [5.41, 5.74) is 1.88. The van der Waals surface area contributed by atoms with Crippen molar-refractivity contribution in [3.05, 3.63) is 64.2 Å². The van der Waals surface area contributed by atoms with Crippen molar-refractivity contribution in [2.75, 3.05) is 19.8 Å². The second-order valence-corrected chi connectivity index (χ2v) is 7.80. The lowest BCUT2D eigenvalue weighted by molar-refractivity contribution is 0.186. The SMILES string of the molecule is C[C@@H](c1nc2ccccc2c(=O)[nH]1)N1CCC[C@H]1c1ccc2c(c1)OCCCO2. The highest BCUT2D eigenvalue weighted by Gasteiger charge is 2.32. The maximum Gasteiger partial charge on any atom is 0.258 e. The molecule has 6 nitrogen and oxygen atoms in total. The van der Waals surface area contributed by atoms with Crippen LogP contribution in [0, 0.1) is 0 Å². The van der Waals surface area contributed by atoms with Crippen LogP contribution in [0.1, 0.15) is 49.7 Å². The molecule has 0 unspecified atom stereocenters. The Hall–Kier alpha value is -2.86. The monoisotopic (exact) mass is 391 g/mol. The number of hydrogen-bond donors (Lipinski definition) is 1. The average molecular weight is 391 g/mol. The van der Waals surface area contributed by atoms with Crippen molar-refractivity contribution < 1.29 is 9.47 Å². The summed E-state index contributed by atoms with van der Waals surface area (Å²) in [7, 11) is 0. The Balaban J connectivity index is 1.46. The quantitative estimate of drug-likeness (QED) is 0.731. The summed E-state index contributed by atoms with van der Waals surface area (Å²) in [6.07, 6.45) is 3.08. The third-order valence-electron chi connectivity index (χ3n) is 5.97. The molecule has 2 aliphatic rings. The molecule has 0 aliphatic carbocycles. The zero-order chi connectivity index (χ0) is 19.8. The third kappa shape index (κ3) is 3.38. The van der Waals surface area contributed by atoms with Gasteiger partial charge >= 0.3 is 0 Å². The minimum atomic E-state index is -0.0798. The summed E-state index contributed by atoms with van der Waals surface area (Å²) in [5, 5.41) is 0.629. The van der Waals surface area contributed by atoms with E-state index < -0.39 is 0 Å². The van der Waals surface area contributed by atoms with Crippen LogP contribution >= 0.6 is 0 Å². The highest BCUT2D eigenvalue weighted by molar-refractivity contribution is 5.77. The summed E-state index contributed by atoms with van der Waals surface area (Å²) in [4.78, 5) is 22.7. The fourth-order valence-electron chi connectivity index (χ4n) is 4.46. The van der Waals surface area contributed by atoms with Crippen LogP contribution in [0.2, 0.25) is 0 Å². The van der Waals surface area contributed by atoms with Gasteiger partial charge in [-0.25, -0.2) is 4.98 Å². The number of hydrogen-bond acceptors (Lipinski definition) is 5. The maximum atomic E-state index is 12.5. The van der Waals surface area contributed by atoms with Crippen molar-refractivity contribution in [3.8, 4) is 11.5 Å². The molecule has 0 spiro atoms. The predicted octanol–water partition coefficient (Wildman–Crippen LogP) is 3.98. The first-order valence-corrected chi connectivity index (χ1v) is 10.3. The molecule has 150 valence electrons. The second-order valence-electron chi connectivity index (χ2n) is 7.80. The number of H-pyrrole nitrogens is 1. The van der Waals surface area contributed by atoms with Crippen LogP contribution in [0.5, 0.6) is 11.5 Å². The molecule has 1 aromatic heterocycles. The predicted molar refractivity (Wildman–Crippen MR) is 112 cm³/mol. The zero-order valence-electron chi connectivity index (χ0n) is 16.6. The zero-order valence-corrected chi connectivity index (χ0v) is 16.6. The van der Waals surface area contributed by atoms with Crippen LogP contribution in [-0.2, 0) is 0 Å². The summed E-state index contributed by atoms with van der Waals surface area (Å²) in [6, 6.07) is 14.0. The first kappa shape index (κ1) is 18.2. The maximum absolute atomic E-state index is 12.5. The summed E-state index contributed by atoms with van der Waals surface area (Å²) in [6.45, 7) is 4.47. The number of nitrogens with zero attached hydrogens (tertiary/aromatic N) is 2. The number of aromatic amines is 1. The van der Waals surface area contributed by atoms with E-state index >= 15 is 0 Å². The van der Waals surface area contributed by atoms with Crippen LogP contribution < -0.4 is 15.0 Å². The van der Waals surface area contributed by atoms with Crippen molar-refractivity contribution in [3.63, 3.8) is 0 Å². The van der Waals surface area contributed by atoms with Gasteiger partial charge in [-0.2, -0.15) is 0 Å². The highest BCUT2D eigenvalue weighted by atomic mass is 16.5. The molecule has 3 heterocycles. The van der Waals surface area contributed by atoms with Crippen LogP contribution in [0.25, 0.3) is 10.9 Å². The van der Waals surface area contributed by atoms with E-state index in [1.54, 1.807) is 0 Å². The van der Waals surface area contributed by atoms with Gasteiger partial charge in [0.15, 0.2) is 11.5 Å². The summed E-state index contributed by atoms with van der Waals surface area (Å²) in [5.74, 6) is 2.37. The van der Waals surface area contributed by atoms with Crippen LogP contribution in [0.4, 0.5) is 0 Å². The number of fused-ring (bicyclic) bond motifs is 2. The molecule has 1 saturated heterocycles. The minimum absolute atomic E-state index is 0.00999. The standard InChI is InChI=1S/C23H25N3O3/c1-15(22-24-18-7-3-2-6-17(18)23(27)25-22)26-11-4-8-19(26)16-9-10-20-21(14-16)29-13-5-12-28-20/h2-3,6-7,9-10,14-15,19H,4-5,8,11-13H2,1H3,(H,24,25,27)/t15-,19-/m0/s1. The Kier molecular flexibility index (Phi) is 4.72. The van der Waals surface area contributed by atoms with Gasteiger partial charge in [0.1, 0.15) is 5.82 Å². The van der Waals surface area contributed by atoms with Crippen molar-refractivity contribution in [2.45, 2.75) is 38.3 Å². The third-order valence-corrected chi connectivity index (χ3v) is 5.97. The molecule has 2 aliphatic heterocycles. The van der Waals surface area contributed by atoms with Gasteiger partial charge in [-0.15, -0.1) is 0 Å². The Morgan fingerprint density at radius 3 is 2.83 bits per heavy atom. The smallest absolute Gasteiger partial charge is 0.258 e. The Morgan fingerprint density at radius 1 is 1.10 bits per heavy atom. The van der Waals surface area contributed by atoms with Crippen molar-refractivity contribution >= 4 is 10.9 Å². The normalized spacial score (nSPS) is 20.5. The molecular weight excluding hydrogens is 366 g/mol. The highest BCUT2D eigenvalue weighted by Crippen LogP contribution is 2.41. The number of para-hydroxylation sites is 1. The fourth-order valence-corrected chi connectivity index (χ4v) is 4.46. The lowest BCUT2D eigenvalue weighted by Crippen LogP contribution is -2.29. The topological polar surface area (TPSA) is 67.5 Å². The number of likely N-dealkylation sites (tertiary alicyclic amines) is 1. The molecule has 0 bridgehead atoms. The van der Waals surface area contributed by atoms with Gasteiger partial charge in [0.05, 0.1) is 30.2 Å². The van der Waals surface area contributed by atoms with Gasteiger partial charge in [0.2, 0.25) is 0 Å². The molecule has 0 saturated carbocycles. The molecule has 2 aromatic carbocycles. The Morgan fingerprint density at radius 2 is 1.93 bits per heavy atom. The van der Waals surface area contributed by atoms with Gasteiger partial charge in [0.25, 0.3) is 5.56 Å². The van der Waals surface area contributed by atoms with Crippen LogP contribution in [0.3, 0.4) is 0 Å². The molecular formula is C23H25N3O3. The molecule has 29 heavy (non-hydrogen) atoms. The number of nitrogens with one attached hydrogen (secondary N) is 1. The first-order valence-electron chi connectivity index (χ1n) is 10.3. The molecule has 1 N–H and O–H groups in total. The van der Waals surface area contributed by atoms with Gasteiger partial charge < -0.3 is 14.5 Å². The second kappa shape index (κ2) is 7.52. The molecule has 0 amide bonds. The molecule has 0 radical (unpaired) electrons. The molecule has 1 fully saturated rings. The largest absolute Gasteiger partial charge is 0.490 e. The molecule has 5 rings (SSSR count). The van der Waals surface area contributed by atoms with E-state index in [1.807, 2.05) is 30.3 Å². The summed E-state index contributed by atoms with van der Waals surface area (Å²) >= 11 is 0. The lowest BCUT2D eigenvalue weighted by atomic mass is 10.0. The van der Waals surface area contributed by atoms with Gasteiger partial charge in [-0.05, 0) is 56.1 Å². The van der Waals surface area contributed by atoms with Crippen molar-refractivity contribution in [2.24, 2.45) is 0 Å². The summed E-state index contributed by atoms with van der Waals surface area (Å²) < 4.78 is 11.7. The van der Waals surface area contributed by atoms with Gasteiger partial charge in [0, 0.05) is 12.5 Å². The van der Waals surface area contributed by atoms with Gasteiger partial charge in [-0.1, -0.05) is 18.2 Å². The minimum Gasteiger partial charge on any atom is -0.490 e.